The Labute approximate surface area is 99.3 Å². The van der Waals surface area contributed by atoms with Gasteiger partial charge >= 0.3 is 5.97 Å². The van der Waals surface area contributed by atoms with Crippen LogP contribution in [0.2, 0.25) is 0 Å². The average molecular weight is 228 g/mol. The molecule has 0 amide bonds. The molecule has 0 radical (unpaired) electrons. The maximum absolute atomic E-state index is 11.2. The lowest BCUT2D eigenvalue weighted by Gasteiger charge is -2.02. The first-order valence-electron chi connectivity index (χ1n) is 5.23. The summed E-state index contributed by atoms with van der Waals surface area (Å²) >= 11 is 0. The van der Waals surface area contributed by atoms with E-state index in [0.717, 1.165) is 11.4 Å². The lowest BCUT2D eigenvalue weighted by atomic mass is 10.1. The highest BCUT2D eigenvalue weighted by atomic mass is 16.5. The highest BCUT2D eigenvalue weighted by Crippen LogP contribution is 2.08. The molecule has 0 atom stereocenters. The third-order valence-corrected chi connectivity index (χ3v) is 2.36. The second-order valence-electron chi connectivity index (χ2n) is 3.53. The summed E-state index contributed by atoms with van der Waals surface area (Å²) in [7, 11) is 1.37. The Kier molecular flexibility index (Phi) is 3.45. The molecule has 1 aromatic carbocycles. The Balaban J connectivity index is 2.11. The summed E-state index contributed by atoms with van der Waals surface area (Å²) in [5.74, 6) is 0.436. The standard InChI is InChI=1S/C13H12N2O2/c1-17-13(16)11-5-3-10(4-6-11)9-12-14-7-2-8-15-12/h2-8H,9H2,1H3. The van der Waals surface area contributed by atoms with Gasteiger partial charge in [0.2, 0.25) is 0 Å². The summed E-state index contributed by atoms with van der Waals surface area (Å²) in [5.41, 5.74) is 1.61. The van der Waals surface area contributed by atoms with Crippen LogP contribution in [0.4, 0.5) is 0 Å². The first-order valence-corrected chi connectivity index (χ1v) is 5.23. The first kappa shape index (κ1) is 11.3. The topological polar surface area (TPSA) is 52.1 Å². The van der Waals surface area contributed by atoms with E-state index in [0.29, 0.717) is 12.0 Å². The van der Waals surface area contributed by atoms with Crippen molar-refractivity contribution in [3.63, 3.8) is 0 Å². The number of hydrogen-bond acceptors (Lipinski definition) is 4. The molecule has 86 valence electrons. The minimum atomic E-state index is -0.326. The second-order valence-corrected chi connectivity index (χ2v) is 3.53. The monoisotopic (exact) mass is 228 g/mol. The highest BCUT2D eigenvalue weighted by Gasteiger charge is 2.04. The van der Waals surface area contributed by atoms with Crippen LogP contribution < -0.4 is 0 Å². The van der Waals surface area contributed by atoms with Crippen LogP contribution in [-0.2, 0) is 11.2 Å². The normalized spacial score (nSPS) is 9.94. The fourth-order valence-corrected chi connectivity index (χ4v) is 1.48. The smallest absolute Gasteiger partial charge is 0.337 e. The molecule has 0 bridgehead atoms. The van der Waals surface area contributed by atoms with Gasteiger partial charge in [0.05, 0.1) is 12.7 Å². The van der Waals surface area contributed by atoms with E-state index in [1.54, 1.807) is 30.6 Å². The number of ether oxygens (including phenoxy) is 1. The van der Waals surface area contributed by atoms with Gasteiger partial charge in [-0.05, 0) is 23.8 Å². The molecule has 0 saturated carbocycles. The lowest BCUT2D eigenvalue weighted by molar-refractivity contribution is 0.0600. The van der Waals surface area contributed by atoms with Crippen LogP contribution in [0, 0.1) is 0 Å². The fraction of sp³-hybridized carbons (Fsp3) is 0.154. The van der Waals surface area contributed by atoms with Crippen LogP contribution in [0.1, 0.15) is 21.7 Å². The van der Waals surface area contributed by atoms with Gasteiger partial charge in [-0.25, -0.2) is 14.8 Å². The molecule has 2 rings (SSSR count). The molecule has 4 nitrogen and oxygen atoms in total. The van der Waals surface area contributed by atoms with E-state index in [-0.39, 0.29) is 5.97 Å². The number of methoxy groups -OCH3 is 1. The predicted octanol–water partition coefficient (Wildman–Crippen LogP) is 1.85. The Morgan fingerprint density at radius 3 is 2.41 bits per heavy atom. The van der Waals surface area contributed by atoms with Crippen molar-refractivity contribution in [1.82, 2.24) is 9.97 Å². The molecule has 0 aliphatic rings. The van der Waals surface area contributed by atoms with Gasteiger partial charge in [-0.2, -0.15) is 0 Å². The molecular weight excluding hydrogens is 216 g/mol. The van der Waals surface area contributed by atoms with Crippen LogP contribution in [-0.4, -0.2) is 23.0 Å². The molecule has 2 aromatic rings. The first-order chi connectivity index (χ1) is 8.29. The molecule has 1 heterocycles. The van der Waals surface area contributed by atoms with Crippen molar-refractivity contribution in [2.45, 2.75) is 6.42 Å². The van der Waals surface area contributed by atoms with Crippen LogP contribution in [0.15, 0.2) is 42.7 Å². The molecule has 0 spiro atoms. The van der Waals surface area contributed by atoms with Crippen molar-refractivity contribution in [3.05, 3.63) is 59.7 Å². The van der Waals surface area contributed by atoms with Crippen molar-refractivity contribution in [1.29, 1.82) is 0 Å². The minimum absolute atomic E-state index is 0.326. The van der Waals surface area contributed by atoms with Crippen molar-refractivity contribution in [3.8, 4) is 0 Å². The van der Waals surface area contributed by atoms with E-state index in [1.165, 1.54) is 7.11 Å². The van der Waals surface area contributed by atoms with E-state index in [9.17, 15) is 4.79 Å². The van der Waals surface area contributed by atoms with Crippen LogP contribution >= 0.6 is 0 Å². The summed E-state index contributed by atoms with van der Waals surface area (Å²) in [6, 6.07) is 9.02. The summed E-state index contributed by atoms with van der Waals surface area (Å²) < 4.78 is 4.63. The van der Waals surface area contributed by atoms with Gasteiger partial charge in [0.1, 0.15) is 5.82 Å². The van der Waals surface area contributed by atoms with Gasteiger partial charge in [0.15, 0.2) is 0 Å². The van der Waals surface area contributed by atoms with Gasteiger partial charge in [0, 0.05) is 18.8 Å². The van der Waals surface area contributed by atoms with Gasteiger partial charge in [-0.15, -0.1) is 0 Å². The number of esters is 1. The number of nitrogens with zero attached hydrogens (tertiary/aromatic N) is 2. The lowest BCUT2D eigenvalue weighted by Crippen LogP contribution is -2.01. The van der Waals surface area contributed by atoms with Crippen molar-refractivity contribution < 1.29 is 9.53 Å². The minimum Gasteiger partial charge on any atom is -0.465 e. The van der Waals surface area contributed by atoms with Gasteiger partial charge < -0.3 is 4.74 Å². The predicted molar refractivity (Wildman–Crippen MR) is 62.6 cm³/mol. The molecule has 0 N–H and O–H groups in total. The van der Waals surface area contributed by atoms with Crippen molar-refractivity contribution >= 4 is 5.97 Å². The van der Waals surface area contributed by atoms with Crippen molar-refractivity contribution in [2.75, 3.05) is 7.11 Å². The average Bonchev–Trinajstić information content (AvgIpc) is 2.40. The molecule has 17 heavy (non-hydrogen) atoms. The molecule has 0 aliphatic carbocycles. The number of aromatic nitrogens is 2. The highest BCUT2D eigenvalue weighted by molar-refractivity contribution is 5.89. The molecule has 4 heteroatoms. The van der Waals surface area contributed by atoms with Crippen molar-refractivity contribution in [2.24, 2.45) is 0 Å². The summed E-state index contributed by atoms with van der Waals surface area (Å²) in [5, 5.41) is 0. The SMILES string of the molecule is COC(=O)c1ccc(Cc2ncccn2)cc1. The number of benzene rings is 1. The van der Waals surface area contributed by atoms with E-state index in [1.807, 2.05) is 12.1 Å². The largest absolute Gasteiger partial charge is 0.465 e. The third-order valence-electron chi connectivity index (χ3n) is 2.36. The number of rotatable bonds is 3. The summed E-state index contributed by atoms with van der Waals surface area (Å²) in [6.45, 7) is 0. The Bertz CT molecular complexity index is 495. The Hall–Kier alpha value is -2.23. The van der Waals surface area contributed by atoms with Gasteiger partial charge in [-0.3, -0.25) is 0 Å². The van der Waals surface area contributed by atoms with Crippen LogP contribution in [0.3, 0.4) is 0 Å². The zero-order valence-corrected chi connectivity index (χ0v) is 9.46. The molecule has 0 unspecified atom stereocenters. The number of carbonyl (C=O) groups excluding carboxylic acids is 1. The van der Waals surface area contributed by atoms with E-state index in [2.05, 4.69) is 14.7 Å². The summed E-state index contributed by atoms with van der Waals surface area (Å²) in [4.78, 5) is 19.5. The number of carbonyl (C=O) groups is 1. The Morgan fingerprint density at radius 2 is 1.82 bits per heavy atom. The van der Waals surface area contributed by atoms with Crippen LogP contribution in [0.25, 0.3) is 0 Å². The maximum Gasteiger partial charge on any atom is 0.337 e. The zero-order valence-electron chi connectivity index (χ0n) is 9.46. The van der Waals surface area contributed by atoms with E-state index < -0.39 is 0 Å². The van der Waals surface area contributed by atoms with E-state index >= 15 is 0 Å². The molecule has 0 fully saturated rings. The fourth-order valence-electron chi connectivity index (χ4n) is 1.48. The quantitative estimate of drug-likeness (QED) is 0.752. The molecule has 0 aliphatic heterocycles. The third kappa shape index (κ3) is 2.87. The molecular formula is C13H12N2O2. The van der Waals surface area contributed by atoms with Gasteiger partial charge in [-0.1, -0.05) is 12.1 Å². The Morgan fingerprint density at radius 1 is 1.18 bits per heavy atom. The van der Waals surface area contributed by atoms with Crippen LogP contribution in [0.5, 0.6) is 0 Å². The molecule has 0 saturated heterocycles. The van der Waals surface area contributed by atoms with Gasteiger partial charge in [0.25, 0.3) is 0 Å². The maximum atomic E-state index is 11.2. The summed E-state index contributed by atoms with van der Waals surface area (Å²) in [6.07, 6.45) is 4.08. The second kappa shape index (κ2) is 5.21. The van der Waals surface area contributed by atoms with E-state index in [4.69, 9.17) is 0 Å². The zero-order chi connectivity index (χ0) is 12.1. The number of hydrogen-bond donors (Lipinski definition) is 0. The molecule has 1 aromatic heterocycles.